The van der Waals surface area contributed by atoms with Gasteiger partial charge in [-0.25, -0.2) is 4.39 Å². The van der Waals surface area contributed by atoms with E-state index >= 15 is 0 Å². The van der Waals surface area contributed by atoms with Crippen LogP contribution in [0.15, 0.2) is 18.2 Å². The van der Waals surface area contributed by atoms with Crippen molar-refractivity contribution in [1.29, 1.82) is 5.41 Å². The number of nitrogen functional groups attached to an aromatic ring is 1. The Hall–Kier alpha value is -1.42. The van der Waals surface area contributed by atoms with Crippen LogP contribution in [-0.2, 0) is 6.54 Å². The first-order valence-electron chi connectivity index (χ1n) is 7.37. The van der Waals surface area contributed by atoms with Crippen molar-refractivity contribution in [3.63, 3.8) is 0 Å². The van der Waals surface area contributed by atoms with E-state index in [1.807, 2.05) is 6.07 Å². The summed E-state index contributed by atoms with van der Waals surface area (Å²) in [4.78, 5) is 2.24. The number of nitrogens with zero attached hydrogens (tertiary/aromatic N) is 1. The summed E-state index contributed by atoms with van der Waals surface area (Å²) < 4.78 is 13.5. The molecule has 0 radical (unpaired) electrons. The van der Waals surface area contributed by atoms with Crippen LogP contribution in [-0.4, -0.2) is 24.3 Å². The predicted octanol–water partition coefficient (Wildman–Crippen LogP) is 3.12. The van der Waals surface area contributed by atoms with Crippen LogP contribution in [0.1, 0.15) is 43.2 Å². The van der Waals surface area contributed by atoms with Gasteiger partial charge in [-0.3, -0.25) is 5.41 Å². The second-order valence-corrected chi connectivity index (χ2v) is 5.96. The van der Waals surface area contributed by atoms with Crippen molar-refractivity contribution < 1.29 is 4.39 Å². The molecule has 1 saturated carbocycles. The van der Waals surface area contributed by atoms with Crippen molar-refractivity contribution >= 4 is 5.84 Å². The van der Waals surface area contributed by atoms with Crippen LogP contribution in [0.25, 0.3) is 0 Å². The maximum atomic E-state index is 13.5. The van der Waals surface area contributed by atoms with Crippen molar-refractivity contribution in [2.24, 2.45) is 11.7 Å². The Morgan fingerprint density at radius 2 is 2.00 bits per heavy atom. The first kappa shape index (κ1) is 15.0. The highest BCUT2D eigenvalue weighted by Crippen LogP contribution is 2.24. The summed E-state index contributed by atoms with van der Waals surface area (Å²) in [5.74, 6) is 0.369. The second kappa shape index (κ2) is 6.84. The number of hydrogen-bond acceptors (Lipinski definition) is 2. The highest BCUT2D eigenvalue weighted by atomic mass is 19.1. The van der Waals surface area contributed by atoms with Crippen molar-refractivity contribution in [2.45, 2.75) is 38.6 Å². The Balaban J connectivity index is 1.96. The van der Waals surface area contributed by atoms with Gasteiger partial charge >= 0.3 is 0 Å². The first-order valence-corrected chi connectivity index (χ1v) is 7.37. The average molecular weight is 277 g/mol. The molecule has 1 fully saturated rings. The second-order valence-electron chi connectivity index (χ2n) is 5.96. The molecule has 1 aromatic rings. The molecule has 0 amide bonds. The van der Waals surface area contributed by atoms with E-state index in [9.17, 15) is 4.39 Å². The summed E-state index contributed by atoms with van der Waals surface area (Å²) in [5.41, 5.74) is 6.78. The molecular weight excluding hydrogens is 253 g/mol. The summed E-state index contributed by atoms with van der Waals surface area (Å²) >= 11 is 0. The Labute approximate surface area is 120 Å². The number of hydrogen-bond donors (Lipinski definition) is 2. The monoisotopic (exact) mass is 277 g/mol. The normalized spacial score (nSPS) is 16.6. The molecule has 1 aromatic carbocycles. The van der Waals surface area contributed by atoms with Gasteiger partial charge in [0, 0.05) is 18.7 Å². The first-order chi connectivity index (χ1) is 9.54. The minimum atomic E-state index is -0.321. The lowest BCUT2D eigenvalue weighted by Crippen LogP contribution is -2.27. The van der Waals surface area contributed by atoms with Crippen molar-refractivity contribution in [1.82, 2.24) is 4.90 Å². The van der Waals surface area contributed by atoms with Crippen LogP contribution < -0.4 is 5.73 Å². The zero-order valence-electron chi connectivity index (χ0n) is 12.2. The van der Waals surface area contributed by atoms with E-state index in [1.165, 1.54) is 44.2 Å². The molecule has 0 atom stereocenters. The number of rotatable bonds is 5. The SMILES string of the molecule is CN(Cc1cc(F)cc(C(=N)N)c1)CC1CCCCC1. The summed E-state index contributed by atoms with van der Waals surface area (Å²) in [6.07, 6.45) is 6.67. The van der Waals surface area contributed by atoms with Gasteiger partial charge in [-0.1, -0.05) is 19.3 Å². The van der Waals surface area contributed by atoms with E-state index in [2.05, 4.69) is 11.9 Å². The molecule has 20 heavy (non-hydrogen) atoms. The fourth-order valence-electron chi connectivity index (χ4n) is 3.08. The van der Waals surface area contributed by atoms with Crippen LogP contribution in [0.5, 0.6) is 0 Å². The lowest BCUT2D eigenvalue weighted by Gasteiger charge is -2.27. The van der Waals surface area contributed by atoms with Gasteiger partial charge in [-0.2, -0.15) is 0 Å². The van der Waals surface area contributed by atoms with Gasteiger partial charge in [0.25, 0.3) is 0 Å². The van der Waals surface area contributed by atoms with Gasteiger partial charge < -0.3 is 10.6 Å². The van der Waals surface area contributed by atoms with Crippen LogP contribution in [0.3, 0.4) is 0 Å². The standard InChI is InChI=1S/C16H24FN3/c1-20(10-12-5-3-2-4-6-12)11-13-7-14(16(18)19)9-15(17)8-13/h7-9,12H,2-6,10-11H2,1H3,(H3,18,19). The lowest BCUT2D eigenvalue weighted by atomic mass is 9.89. The number of halogens is 1. The summed E-state index contributed by atoms with van der Waals surface area (Å²) in [6, 6.07) is 4.65. The largest absolute Gasteiger partial charge is 0.384 e. The molecule has 0 aromatic heterocycles. The zero-order valence-corrected chi connectivity index (χ0v) is 12.2. The maximum absolute atomic E-state index is 13.5. The highest BCUT2D eigenvalue weighted by Gasteiger charge is 2.15. The summed E-state index contributed by atoms with van der Waals surface area (Å²) in [6.45, 7) is 1.76. The maximum Gasteiger partial charge on any atom is 0.124 e. The predicted molar refractivity (Wildman–Crippen MR) is 80.3 cm³/mol. The zero-order chi connectivity index (χ0) is 14.5. The van der Waals surface area contributed by atoms with Gasteiger partial charge in [0.15, 0.2) is 0 Å². The molecule has 0 saturated heterocycles. The fraction of sp³-hybridized carbons (Fsp3) is 0.562. The number of benzene rings is 1. The van der Waals surface area contributed by atoms with Crippen LogP contribution in [0.2, 0.25) is 0 Å². The van der Waals surface area contributed by atoms with E-state index in [0.29, 0.717) is 12.1 Å². The molecule has 110 valence electrons. The van der Waals surface area contributed by atoms with Gasteiger partial charge in [-0.05, 0) is 49.6 Å². The molecule has 0 heterocycles. The molecule has 1 aliphatic carbocycles. The van der Waals surface area contributed by atoms with Crippen LogP contribution in [0.4, 0.5) is 4.39 Å². The molecular formula is C16H24FN3. The fourth-order valence-corrected chi connectivity index (χ4v) is 3.08. The number of amidine groups is 1. The highest BCUT2D eigenvalue weighted by molar-refractivity contribution is 5.95. The third-order valence-electron chi connectivity index (χ3n) is 4.02. The van der Waals surface area contributed by atoms with Gasteiger partial charge in [0.1, 0.15) is 11.7 Å². The molecule has 2 rings (SSSR count). The number of nitrogens with two attached hydrogens (primary N) is 1. The molecule has 3 nitrogen and oxygen atoms in total. The molecule has 4 heteroatoms. The minimum absolute atomic E-state index is 0.0827. The van der Waals surface area contributed by atoms with E-state index < -0.39 is 0 Å². The molecule has 3 N–H and O–H groups in total. The Kier molecular flexibility index (Phi) is 5.12. The Bertz CT molecular complexity index is 467. The third kappa shape index (κ3) is 4.30. The van der Waals surface area contributed by atoms with Crippen LogP contribution >= 0.6 is 0 Å². The Morgan fingerprint density at radius 3 is 2.65 bits per heavy atom. The third-order valence-corrected chi connectivity index (χ3v) is 4.02. The molecule has 0 aliphatic heterocycles. The van der Waals surface area contributed by atoms with Gasteiger partial charge in [0.2, 0.25) is 0 Å². The van der Waals surface area contributed by atoms with E-state index in [-0.39, 0.29) is 11.7 Å². The summed E-state index contributed by atoms with van der Waals surface area (Å²) in [5, 5.41) is 7.41. The molecule has 1 aliphatic rings. The quantitative estimate of drug-likeness (QED) is 0.642. The molecule has 0 spiro atoms. The van der Waals surface area contributed by atoms with Gasteiger partial charge in [-0.15, -0.1) is 0 Å². The summed E-state index contributed by atoms with van der Waals surface area (Å²) in [7, 11) is 2.08. The van der Waals surface area contributed by atoms with E-state index in [1.54, 1.807) is 0 Å². The van der Waals surface area contributed by atoms with Crippen LogP contribution in [0, 0.1) is 17.1 Å². The Morgan fingerprint density at radius 1 is 1.30 bits per heavy atom. The minimum Gasteiger partial charge on any atom is -0.384 e. The topological polar surface area (TPSA) is 53.1 Å². The average Bonchev–Trinajstić information content (AvgIpc) is 2.38. The van der Waals surface area contributed by atoms with Crippen molar-refractivity contribution in [3.8, 4) is 0 Å². The molecule has 0 unspecified atom stereocenters. The van der Waals surface area contributed by atoms with Crippen molar-refractivity contribution in [2.75, 3.05) is 13.6 Å². The smallest absolute Gasteiger partial charge is 0.124 e. The molecule has 0 bridgehead atoms. The van der Waals surface area contributed by atoms with E-state index in [0.717, 1.165) is 18.0 Å². The van der Waals surface area contributed by atoms with E-state index in [4.69, 9.17) is 11.1 Å². The number of nitrogens with one attached hydrogen (secondary N) is 1. The lowest BCUT2D eigenvalue weighted by molar-refractivity contribution is 0.228. The van der Waals surface area contributed by atoms with Gasteiger partial charge in [0.05, 0.1) is 0 Å². The van der Waals surface area contributed by atoms with Crippen molar-refractivity contribution in [3.05, 3.63) is 35.1 Å².